The zero-order valence-electron chi connectivity index (χ0n) is 11.9. The summed E-state index contributed by atoms with van der Waals surface area (Å²) in [5.41, 5.74) is 5.85. The lowest BCUT2D eigenvalue weighted by Crippen LogP contribution is -2.52. The first-order valence-corrected chi connectivity index (χ1v) is 8.46. The van der Waals surface area contributed by atoms with Crippen LogP contribution in [0.5, 0.6) is 0 Å². The van der Waals surface area contributed by atoms with E-state index in [1.165, 1.54) is 0 Å². The fourth-order valence-corrected chi connectivity index (χ4v) is 2.96. The molecule has 0 radical (unpaired) electrons. The zero-order valence-corrected chi connectivity index (χ0v) is 12.7. The molecule has 3 N–H and O–H groups in total. The molecule has 1 saturated heterocycles. The minimum absolute atomic E-state index is 0.0354. The number of nitrogens with two attached hydrogens (primary N) is 1. The van der Waals surface area contributed by atoms with E-state index in [0.29, 0.717) is 25.9 Å². The molecule has 112 valence electrons. The van der Waals surface area contributed by atoms with Crippen molar-refractivity contribution in [3.63, 3.8) is 0 Å². The van der Waals surface area contributed by atoms with Crippen LogP contribution in [-0.2, 0) is 14.8 Å². The van der Waals surface area contributed by atoms with Gasteiger partial charge in [0.1, 0.15) is 0 Å². The van der Waals surface area contributed by atoms with E-state index in [4.69, 9.17) is 5.73 Å². The van der Waals surface area contributed by atoms with Crippen molar-refractivity contribution in [2.24, 2.45) is 11.7 Å². The monoisotopic (exact) mass is 291 g/mol. The van der Waals surface area contributed by atoms with Crippen molar-refractivity contribution in [3.8, 4) is 0 Å². The van der Waals surface area contributed by atoms with E-state index >= 15 is 0 Å². The van der Waals surface area contributed by atoms with Gasteiger partial charge in [-0.1, -0.05) is 13.8 Å². The van der Waals surface area contributed by atoms with Crippen molar-refractivity contribution in [1.82, 2.24) is 9.62 Å². The van der Waals surface area contributed by atoms with Gasteiger partial charge in [0, 0.05) is 19.1 Å². The molecule has 0 aromatic rings. The van der Waals surface area contributed by atoms with Crippen LogP contribution in [-0.4, -0.2) is 50.2 Å². The van der Waals surface area contributed by atoms with E-state index in [0.717, 1.165) is 0 Å². The number of hydrogen-bond acceptors (Lipinski definition) is 4. The van der Waals surface area contributed by atoms with E-state index in [9.17, 15) is 13.2 Å². The Morgan fingerprint density at radius 1 is 1.37 bits per heavy atom. The summed E-state index contributed by atoms with van der Waals surface area (Å²) in [5.74, 6) is 0.167. The van der Waals surface area contributed by atoms with Gasteiger partial charge in [-0.3, -0.25) is 4.79 Å². The summed E-state index contributed by atoms with van der Waals surface area (Å²) in [6.45, 7) is 6.59. The van der Waals surface area contributed by atoms with Gasteiger partial charge in [0.25, 0.3) is 0 Å². The Morgan fingerprint density at radius 2 is 1.89 bits per heavy atom. The maximum atomic E-state index is 12.0. The third-order valence-electron chi connectivity index (χ3n) is 3.54. The Morgan fingerprint density at radius 3 is 2.32 bits per heavy atom. The van der Waals surface area contributed by atoms with Crippen LogP contribution in [0.2, 0.25) is 0 Å². The number of nitrogens with one attached hydrogen (secondary N) is 1. The van der Waals surface area contributed by atoms with Gasteiger partial charge in [-0.05, 0) is 25.7 Å². The maximum absolute atomic E-state index is 12.0. The standard InChI is InChI=1S/C12H25N3O3S/c1-4-19(17,18)14-10-5-7-15(8-6-10)12(16)11(13)9(2)3/h9-11,14H,4-8,13H2,1-3H3/t11-/m0/s1. The van der Waals surface area contributed by atoms with Crippen molar-refractivity contribution in [1.29, 1.82) is 0 Å². The fraction of sp³-hybridized carbons (Fsp3) is 0.917. The molecule has 1 aliphatic heterocycles. The molecule has 1 atom stereocenters. The molecule has 6 nitrogen and oxygen atoms in total. The van der Waals surface area contributed by atoms with Crippen molar-refractivity contribution in [2.75, 3.05) is 18.8 Å². The highest BCUT2D eigenvalue weighted by Gasteiger charge is 2.28. The van der Waals surface area contributed by atoms with Crippen LogP contribution in [0.3, 0.4) is 0 Å². The average molecular weight is 291 g/mol. The van der Waals surface area contributed by atoms with Crippen LogP contribution in [0, 0.1) is 5.92 Å². The van der Waals surface area contributed by atoms with Crippen molar-refractivity contribution in [3.05, 3.63) is 0 Å². The number of sulfonamides is 1. The Hall–Kier alpha value is -0.660. The normalized spacial score (nSPS) is 19.7. The minimum Gasteiger partial charge on any atom is -0.341 e. The number of hydrogen-bond donors (Lipinski definition) is 2. The molecule has 19 heavy (non-hydrogen) atoms. The van der Waals surface area contributed by atoms with E-state index < -0.39 is 16.1 Å². The summed E-state index contributed by atoms with van der Waals surface area (Å²) in [6, 6.07) is -0.534. The SMILES string of the molecule is CCS(=O)(=O)NC1CCN(C(=O)[C@@H](N)C(C)C)CC1. The number of amides is 1. The van der Waals surface area contributed by atoms with Crippen LogP contribution < -0.4 is 10.5 Å². The fourth-order valence-electron chi connectivity index (χ4n) is 2.05. The van der Waals surface area contributed by atoms with Gasteiger partial charge in [-0.25, -0.2) is 13.1 Å². The third kappa shape index (κ3) is 4.74. The predicted molar refractivity (Wildman–Crippen MR) is 75.0 cm³/mol. The lowest BCUT2D eigenvalue weighted by molar-refractivity contribution is -0.134. The van der Waals surface area contributed by atoms with Crippen molar-refractivity contribution in [2.45, 2.75) is 45.7 Å². The van der Waals surface area contributed by atoms with Crippen molar-refractivity contribution < 1.29 is 13.2 Å². The molecule has 0 spiro atoms. The second kappa shape index (κ2) is 6.67. The molecule has 0 bridgehead atoms. The number of likely N-dealkylation sites (tertiary alicyclic amines) is 1. The third-order valence-corrected chi connectivity index (χ3v) is 4.99. The number of nitrogens with zero attached hydrogens (tertiary/aromatic N) is 1. The highest BCUT2D eigenvalue weighted by atomic mass is 32.2. The lowest BCUT2D eigenvalue weighted by Gasteiger charge is -2.34. The predicted octanol–water partition coefficient (Wildman–Crippen LogP) is -0.1000. The van der Waals surface area contributed by atoms with E-state index in [2.05, 4.69) is 4.72 Å². The molecule has 1 aliphatic rings. The van der Waals surface area contributed by atoms with Crippen LogP contribution in [0.15, 0.2) is 0 Å². The van der Waals surface area contributed by atoms with Gasteiger partial charge < -0.3 is 10.6 Å². The Bertz CT molecular complexity index is 400. The van der Waals surface area contributed by atoms with Gasteiger partial charge in [0.05, 0.1) is 11.8 Å². The van der Waals surface area contributed by atoms with E-state index in [-0.39, 0.29) is 23.6 Å². The molecule has 1 rings (SSSR count). The summed E-state index contributed by atoms with van der Waals surface area (Å²) in [4.78, 5) is 13.8. The Labute approximate surface area is 115 Å². The first-order valence-electron chi connectivity index (χ1n) is 6.81. The molecule has 1 amide bonds. The minimum atomic E-state index is -3.16. The molecule has 0 saturated carbocycles. The summed E-state index contributed by atoms with van der Waals surface area (Å²) in [7, 11) is -3.16. The first-order chi connectivity index (χ1) is 8.76. The molecule has 0 aromatic heterocycles. The number of piperidine rings is 1. The summed E-state index contributed by atoms with van der Waals surface area (Å²) < 4.78 is 25.6. The van der Waals surface area contributed by atoms with Crippen LogP contribution in [0.4, 0.5) is 0 Å². The summed E-state index contributed by atoms with van der Waals surface area (Å²) >= 11 is 0. The van der Waals surface area contributed by atoms with Gasteiger partial charge in [-0.2, -0.15) is 0 Å². The zero-order chi connectivity index (χ0) is 14.6. The topological polar surface area (TPSA) is 92.5 Å². The van der Waals surface area contributed by atoms with Gasteiger partial charge in [-0.15, -0.1) is 0 Å². The summed E-state index contributed by atoms with van der Waals surface area (Å²) in [5, 5.41) is 0. The highest BCUT2D eigenvalue weighted by molar-refractivity contribution is 7.89. The quantitative estimate of drug-likeness (QED) is 0.740. The van der Waals surface area contributed by atoms with Gasteiger partial charge in [0.2, 0.25) is 15.9 Å². The molecular formula is C12H25N3O3S. The second-order valence-electron chi connectivity index (χ2n) is 5.39. The number of rotatable bonds is 5. The first kappa shape index (κ1) is 16.4. The molecule has 0 aromatic carbocycles. The molecule has 7 heteroatoms. The largest absolute Gasteiger partial charge is 0.341 e. The smallest absolute Gasteiger partial charge is 0.239 e. The molecule has 1 fully saturated rings. The van der Waals surface area contributed by atoms with Crippen LogP contribution >= 0.6 is 0 Å². The maximum Gasteiger partial charge on any atom is 0.239 e. The Balaban J connectivity index is 2.47. The molecule has 0 aliphatic carbocycles. The lowest BCUT2D eigenvalue weighted by atomic mass is 10.0. The van der Waals surface area contributed by atoms with Crippen LogP contribution in [0.25, 0.3) is 0 Å². The van der Waals surface area contributed by atoms with E-state index in [1.807, 2.05) is 13.8 Å². The van der Waals surface area contributed by atoms with Crippen molar-refractivity contribution >= 4 is 15.9 Å². The molecule has 1 heterocycles. The Kier molecular flexibility index (Phi) is 5.76. The summed E-state index contributed by atoms with van der Waals surface area (Å²) in [6.07, 6.45) is 1.30. The number of carbonyl (C=O) groups excluding carboxylic acids is 1. The van der Waals surface area contributed by atoms with Crippen LogP contribution in [0.1, 0.15) is 33.6 Å². The number of carbonyl (C=O) groups is 1. The molecule has 0 unspecified atom stereocenters. The average Bonchev–Trinajstić information content (AvgIpc) is 2.37. The second-order valence-corrected chi connectivity index (χ2v) is 7.43. The van der Waals surface area contributed by atoms with Gasteiger partial charge in [0.15, 0.2) is 0 Å². The van der Waals surface area contributed by atoms with E-state index in [1.54, 1.807) is 11.8 Å². The molecular weight excluding hydrogens is 266 g/mol. The van der Waals surface area contributed by atoms with Gasteiger partial charge >= 0.3 is 0 Å². The highest BCUT2D eigenvalue weighted by Crippen LogP contribution is 2.14.